The van der Waals surface area contributed by atoms with Gasteiger partial charge < -0.3 is 49.9 Å². The first-order valence-corrected chi connectivity index (χ1v) is 29.1. The van der Waals surface area contributed by atoms with E-state index in [0.29, 0.717) is 109 Å². The molecule has 0 aliphatic carbocycles. The van der Waals surface area contributed by atoms with Gasteiger partial charge in [0, 0.05) is 134 Å². The van der Waals surface area contributed by atoms with Gasteiger partial charge in [0.05, 0.1) is 62.0 Å². The van der Waals surface area contributed by atoms with Gasteiger partial charge in [-0.2, -0.15) is 15.2 Å². The van der Waals surface area contributed by atoms with Gasteiger partial charge in [0.25, 0.3) is 0 Å². The van der Waals surface area contributed by atoms with Gasteiger partial charge in [0.15, 0.2) is 0 Å². The number of rotatable bonds is 23. The van der Waals surface area contributed by atoms with Gasteiger partial charge in [0.2, 0.25) is 11.8 Å². The number of piperazine rings is 2. The lowest BCUT2D eigenvalue weighted by Gasteiger charge is -2.42. The van der Waals surface area contributed by atoms with Crippen molar-refractivity contribution in [3.8, 4) is 12.1 Å². The zero-order chi connectivity index (χ0) is 57.3. The van der Waals surface area contributed by atoms with E-state index in [-0.39, 0.29) is 56.5 Å². The fourth-order valence-electron chi connectivity index (χ4n) is 12.1. The molecule has 440 valence electrons. The number of carboxylic acid groups (broad SMARTS) is 3. The number of nitrogens with one attached hydrogen (secondary N) is 1. The molecule has 4 N–H and O–H groups in total. The molecular formula is C57H81ClN14O9. The molecule has 8 rings (SSSR count). The molecule has 1 aromatic heterocycles. The van der Waals surface area contributed by atoms with Gasteiger partial charge in [-0.15, -0.1) is 0 Å². The molecule has 0 radical (unpaired) electrons. The quantitative estimate of drug-likeness (QED) is 0.0781. The Morgan fingerprint density at radius 1 is 0.704 bits per heavy atom. The smallest absolute Gasteiger partial charge is 0.318 e. The molecule has 5 aliphatic heterocycles. The number of halogens is 1. The molecule has 0 spiro atoms. The average Bonchev–Trinajstić information content (AvgIpc) is 4.02. The molecule has 0 saturated carbocycles. The standard InChI is InChI=1S/C57H81ClN14O9/c1-2-51(74)72-35-34-71(36-44(72)13-15-59)56-46-14-21-70(49-12-4-9-43-8-3-11-47(58)55(43)49)37-48(46)61-57(62-56)81-42-45-10-5-19-69(45)20-7-18-64-24-22-63(23-25-64)17-6-16-60-50(73)38-65-26-28-66(39-52(75)76)30-32-68(41-54(79)80)33-31-67(29-27-65)40-53(77)78/h2-4,8-9,11-12,44-45H,1,5-7,10,13-14,16-42H2,(H,60,73)(H,75,76)(H,77,78)(H,79,80)/t44-,45-/m0/s1. The van der Waals surface area contributed by atoms with E-state index < -0.39 is 17.9 Å². The summed E-state index contributed by atoms with van der Waals surface area (Å²) in [6.45, 7) is 17.3. The molecule has 23 nitrogen and oxygen atoms in total. The van der Waals surface area contributed by atoms with Crippen molar-refractivity contribution in [3.63, 3.8) is 0 Å². The van der Waals surface area contributed by atoms with Crippen LogP contribution in [0.5, 0.6) is 6.01 Å². The molecule has 4 fully saturated rings. The predicted molar refractivity (Wildman–Crippen MR) is 308 cm³/mol. The van der Waals surface area contributed by atoms with Gasteiger partial charge in [-0.25, -0.2) is 0 Å². The Bertz CT molecular complexity index is 2650. The van der Waals surface area contributed by atoms with E-state index in [4.69, 9.17) is 26.3 Å². The van der Waals surface area contributed by atoms with Crippen LogP contribution in [0.2, 0.25) is 5.02 Å². The van der Waals surface area contributed by atoms with Gasteiger partial charge in [-0.1, -0.05) is 42.4 Å². The third-order valence-corrected chi connectivity index (χ3v) is 16.7. The van der Waals surface area contributed by atoms with E-state index in [2.05, 4.69) is 66.7 Å². The maximum atomic E-state index is 13.2. The number of nitrogens with zero attached hydrogens (tertiary/aromatic N) is 13. The number of aliphatic carboxylic acids is 3. The van der Waals surface area contributed by atoms with Crippen LogP contribution in [0.4, 0.5) is 11.5 Å². The number of amides is 2. The molecule has 81 heavy (non-hydrogen) atoms. The van der Waals surface area contributed by atoms with Crippen molar-refractivity contribution >= 4 is 63.6 Å². The number of benzene rings is 2. The van der Waals surface area contributed by atoms with E-state index in [9.17, 15) is 44.6 Å². The average molecular weight is 1140 g/mol. The van der Waals surface area contributed by atoms with Crippen molar-refractivity contribution in [1.82, 2.24) is 54.5 Å². The zero-order valence-corrected chi connectivity index (χ0v) is 47.5. The second kappa shape index (κ2) is 30.2. The first-order valence-electron chi connectivity index (χ1n) is 28.7. The van der Waals surface area contributed by atoms with Crippen molar-refractivity contribution in [2.24, 2.45) is 0 Å². The predicted octanol–water partition coefficient (Wildman–Crippen LogP) is 1.80. The largest absolute Gasteiger partial charge is 0.480 e. The zero-order valence-electron chi connectivity index (χ0n) is 46.7. The van der Waals surface area contributed by atoms with Gasteiger partial charge in [-0.05, 0) is 81.9 Å². The lowest BCUT2D eigenvalue weighted by molar-refractivity contribution is -0.140. The number of carbonyl (C=O) groups excluding carboxylic acids is 2. The summed E-state index contributed by atoms with van der Waals surface area (Å²) < 4.78 is 6.61. The summed E-state index contributed by atoms with van der Waals surface area (Å²) >= 11 is 6.82. The number of aromatic nitrogens is 2. The molecule has 0 bridgehead atoms. The lowest BCUT2D eigenvalue weighted by atomic mass is 10.0. The molecule has 2 amide bonds. The summed E-state index contributed by atoms with van der Waals surface area (Å²) in [6, 6.07) is 14.8. The monoisotopic (exact) mass is 1140 g/mol. The normalized spacial score (nSPS) is 21.0. The van der Waals surface area contributed by atoms with Crippen LogP contribution in [0.1, 0.15) is 43.4 Å². The SMILES string of the molecule is C=CC(=O)N1CCN(c2nc(OC[C@@H]3CCCN3CCCN3CCN(CCCNC(=O)CN4CCN(CC(=O)O)CCN(CC(=O)O)CCN(CC(=O)O)CC4)CC3)nc3c2CCN(c2cccc4cccc(Cl)c24)C3)C[C@@H]1CC#N. The molecule has 2 atom stereocenters. The highest BCUT2D eigenvalue weighted by Gasteiger charge is 2.35. The minimum absolute atomic E-state index is 0.0940. The number of carbonyl (C=O) groups is 5. The number of nitriles is 1. The van der Waals surface area contributed by atoms with Crippen LogP contribution >= 0.6 is 11.6 Å². The first-order chi connectivity index (χ1) is 39.2. The summed E-state index contributed by atoms with van der Waals surface area (Å²) in [7, 11) is 0. The van der Waals surface area contributed by atoms with Crippen LogP contribution in [0.25, 0.3) is 10.8 Å². The molecule has 24 heteroatoms. The Morgan fingerprint density at radius 3 is 1.90 bits per heavy atom. The number of hydrogen-bond donors (Lipinski definition) is 4. The van der Waals surface area contributed by atoms with E-state index in [1.54, 1.807) is 19.6 Å². The van der Waals surface area contributed by atoms with E-state index in [1.165, 1.54) is 6.08 Å². The van der Waals surface area contributed by atoms with Crippen molar-refractivity contribution in [2.45, 2.75) is 57.2 Å². The van der Waals surface area contributed by atoms with Gasteiger partial charge in [-0.3, -0.25) is 48.5 Å². The second-order valence-electron chi connectivity index (χ2n) is 21.9. The summed E-state index contributed by atoms with van der Waals surface area (Å²) in [5, 5.41) is 44.1. The highest BCUT2D eigenvalue weighted by molar-refractivity contribution is 6.36. The topological polar surface area (TPSA) is 249 Å². The molecule has 3 aromatic rings. The van der Waals surface area contributed by atoms with Crippen LogP contribution in [0.3, 0.4) is 0 Å². The van der Waals surface area contributed by atoms with Crippen LogP contribution in [-0.2, 0) is 36.9 Å². The molecule has 2 aromatic carbocycles. The molecular weight excluding hydrogens is 1060 g/mol. The highest BCUT2D eigenvalue weighted by Crippen LogP contribution is 2.37. The Balaban J connectivity index is 0.789. The Morgan fingerprint density at radius 2 is 1.30 bits per heavy atom. The van der Waals surface area contributed by atoms with E-state index in [1.807, 2.05) is 17.0 Å². The van der Waals surface area contributed by atoms with Gasteiger partial charge in [0.1, 0.15) is 12.4 Å². The first kappa shape index (κ1) is 60.9. The summed E-state index contributed by atoms with van der Waals surface area (Å²) in [4.78, 5) is 92.1. The van der Waals surface area contributed by atoms with Crippen LogP contribution < -0.4 is 19.9 Å². The number of hydrogen-bond acceptors (Lipinski definition) is 18. The minimum atomic E-state index is -1.01. The number of carboxylic acids is 3. The maximum absolute atomic E-state index is 13.2. The van der Waals surface area contributed by atoms with Crippen molar-refractivity contribution in [1.29, 1.82) is 5.26 Å². The third kappa shape index (κ3) is 17.6. The number of anilines is 2. The minimum Gasteiger partial charge on any atom is -0.480 e. The van der Waals surface area contributed by atoms with Gasteiger partial charge >= 0.3 is 23.9 Å². The third-order valence-electron chi connectivity index (χ3n) is 16.4. The molecule has 4 saturated heterocycles. The van der Waals surface area contributed by atoms with Crippen molar-refractivity contribution in [3.05, 3.63) is 65.3 Å². The molecule has 6 heterocycles. The van der Waals surface area contributed by atoms with E-state index in [0.717, 1.165) is 118 Å². The van der Waals surface area contributed by atoms with E-state index >= 15 is 0 Å². The number of ether oxygens (including phenoxy) is 1. The fraction of sp³-hybridized carbons (Fsp3) is 0.614. The summed E-state index contributed by atoms with van der Waals surface area (Å²) in [5.74, 6) is -2.51. The second-order valence-corrected chi connectivity index (χ2v) is 22.3. The van der Waals surface area contributed by atoms with Crippen LogP contribution in [0.15, 0.2) is 49.1 Å². The van der Waals surface area contributed by atoms with Crippen molar-refractivity contribution in [2.75, 3.05) is 180 Å². The Labute approximate surface area is 480 Å². The Kier molecular flexibility index (Phi) is 22.7. The lowest BCUT2D eigenvalue weighted by Crippen LogP contribution is -2.55. The maximum Gasteiger partial charge on any atom is 0.318 e. The number of fused-ring (bicyclic) bond motifs is 2. The fourth-order valence-corrected chi connectivity index (χ4v) is 12.3. The molecule has 5 aliphatic rings. The van der Waals surface area contributed by atoms with Crippen molar-refractivity contribution < 1.29 is 44.0 Å². The van der Waals surface area contributed by atoms with Crippen LogP contribution in [0, 0.1) is 11.3 Å². The highest BCUT2D eigenvalue weighted by atomic mass is 35.5. The Hall–Kier alpha value is -6.23. The van der Waals surface area contributed by atoms with Crippen LogP contribution in [-0.4, -0.2) is 277 Å². The number of likely N-dealkylation sites (tertiary alicyclic amines) is 1. The molecule has 0 unspecified atom stereocenters. The summed E-state index contributed by atoms with van der Waals surface area (Å²) in [6.07, 6.45) is 6.18. The summed E-state index contributed by atoms with van der Waals surface area (Å²) in [5.41, 5.74) is 3.01.